The molecule has 1 N–H and O–H groups in total. The minimum absolute atomic E-state index is 0.00645. The summed E-state index contributed by atoms with van der Waals surface area (Å²) in [5, 5.41) is 12.0. The van der Waals surface area contributed by atoms with Gasteiger partial charge in [0.15, 0.2) is 5.78 Å². The number of rotatable bonds is 7. The first-order chi connectivity index (χ1) is 19.9. The highest BCUT2D eigenvalue weighted by atomic mass is 19.1. The van der Waals surface area contributed by atoms with Gasteiger partial charge in [0.25, 0.3) is 11.8 Å². The third-order valence-electron chi connectivity index (χ3n) is 7.82. The summed E-state index contributed by atoms with van der Waals surface area (Å²) in [5.41, 5.74) is 1.74. The monoisotopic (exact) mass is 554 g/mol. The molecule has 8 nitrogen and oxygen atoms in total. The second-order valence-corrected chi connectivity index (χ2v) is 10.6. The normalized spacial score (nSPS) is 19.2. The van der Waals surface area contributed by atoms with Crippen LogP contribution in [0.5, 0.6) is 5.75 Å². The summed E-state index contributed by atoms with van der Waals surface area (Å²) >= 11 is 0. The number of nitrogens with one attached hydrogen (secondary N) is 1. The Hall–Kier alpha value is -4.58. The number of pyridine rings is 1. The molecule has 3 aromatic rings. The molecule has 9 heteroatoms. The first kappa shape index (κ1) is 28.0. The number of carbonyl (C=O) groups is 3. The molecular formula is C32H31FN4O4. The highest BCUT2D eigenvalue weighted by Crippen LogP contribution is 2.25. The van der Waals surface area contributed by atoms with Crippen molar-refractivity contribution in [2.24, 2.45) is 5.92 Å². The summed E-state index contributed by atoms with van der Waals surface area (Å²) in [5.74, 6) is -0.251. The van der Waals surface area contributed by atoms with E-state index in [4.69, 9.17) is 10.00 Å². The van der Waals surface area contributed by atoms with Crippen LogP contribution in [-0.4, -0.2) is 52.7 Å². The van der Waals surface area contributed by atoms with E-state index in [1.54, 1.807) is 53.4 Å². The number of carbonyl (C=O) groups excluding carboxylic acids is 3. The molecule has 0 spiro atoms. The Morgan fingerprint density at radius 3 is 2.15 bits per heavy atom. The van der Waals surface area contributed by atoms with Crippen molar-refractivity contribution in [2.45, 2.75) is 50.7 Å². The summed E-state index contributed by atoms with van der Waals surface area (Å²) in [4.78, 5) is 44.6. The van der Waals surface area contributed by atoms with Gasteiger partial charge in [-0.25, -0.2) is 4.39 Å². The number of amides is 2. The minimum Gasteiger partial charge on any atom is -0.490 e. The highest BCUT2D eigenvalue weighted by molar-refractivity contribution is 5.99. The maximum atomic E-state index is 13.1. The summed E-state index contributed by atoms with van der Waals surface area (Å²) in [6.07, 6.45) is 5.66. The van der Waals surface area contributed by atoms with Crippen molar-refractivity contribution in [1.82, 2.24) is 15.2 Å². The van der Waals surface area contributed by atoms with Gasteiger partial charge in [-0.05, 0) is 87.1 Å². The molecule has 210 valence electrons. The smallest absolute Gasteiger partial charge is 0.270 e. The molecule has 2 aromatic carbocycles. The molecule has 2 amide bonds. The van der Waals surface area contributed by atoms with E-state index in [1.165, 1.54) is 18.3 Å². The molecule has 2 aliphatic rings. The third kappa shape index (κ3) is 6.95. The molecule has 5 rings (SSSR count). The second kappa shape index (κ2) is 12.7. The summed E-state index contributed by atoms with van der Waals surface area (Å²) < 4.78 is 19.0. The molecule has 0 radical (unpaired) electrons. The zero-order valence-corrected chi connectivity index (χ0v) is 22.6. The Labute approximate surface area is 238 Å². The summed E-state index contributed by atoms with van der Waals surface area (Å²) in [7, 11) is 0. The fourth-order valence-electron chi connectivity index (χ4n) is 5.42. The van der Waals surface area contributed by atoms with Gasteiger partial charge in [0.05, 0.1) is 23.3 Å². The maximum absolute atomic E-state index is 13.1. The predicted molar refractivity (Wildman–Crippen MR) is 149 cm³/mol. The highest BCUT2D eigenvalue weighted by Gasteiger charge is 2.29. The zero-order chi connectivity index (χ0) is 28.8. The molecule has 0 atom stereocenters. The molecule has 41 heavy (non-hydrogen) atoms. The van der Waals surface area contributed by atoms with Crippen molar-refractivity contribution < 1.29 is 23.5 Å². The molecule has 1 aromatic heterocycles. The molecule has 0 bridgehead atoms. The van der Waals surface area contributed by atoms with Crippen LogP contribution in [0.15, 0.2) is 66.9 Å². The standard InChI is InChI=1S/C32H31FN4O4/c33-25-6-10-27(11-7-25)41-28-12-8-26(9-13-28)36-31(39)29-14-5-24(20-35-29)32(40)37-17-15-23(16-18-37)30(38)22-3-1-21(19-34)2-4-22/h1-7,10-11,14,20,23,26,28H,8-9,12-13,15-18H2,(H,36,39)/t26-,28+. The van der Waals surface area contributed by atoms with Gasteiger partial charge in [0, 0.05) is 36.8 Å². The first-order valence-electron chi connectivity index (χ1n) is 13.9. The number of likely N-dealkylation sites (tertiary alicyclic amines) is 1. The van der Waals surface area contributed by atoms with Crippen LogP contribution in [0.2, 0.25) is 0 Å². The van der Waals surface area contributed by atoms with E-state index >= 15 is 0 Å². The van der Waals surface area contributed by atoms with Crippen LogP contribution >= 0.6 is 0 Å². The number of hydrogen-bond donors (Lipinski definition) is 1. The number of nitrogens with zero attached hydrogens (tertiary/aromatic N) is 3. The van der Waals surface area contributed by atoms with Crippen LogP contribution in [0.25, 0.3) is 0 Å². The molecule has 2 heterocycles. The molecular weight excluding hydrogens is 523 g/mol. The molecule has 0 unspecified atom stereocenters. The van der Waals surface area contributed by atoms with Gasteiger partial charge >= 0.3 is 0 Å². The quantitative estimate of drug-likeness (QED) is 0.414. The van der Waals surface area contributed by atoms with Crippen molar-refractivity contribution in [3.8, 4) is 11.8 Å². The Balaban J connectivity index is 1.07. The van der Waals surface area contributed by atoms with Gasteiger partial charge in [-0.2, -0.15) is 5.26 Å². The van der Waals surface area contributed by atoms with E-state index < -0.39 is 0 Å². The van der Waals surface area contributed by atoms with Gasteiger partial charge in [0.2, 0.25) is 0 Å². The Morgan fingerprint density at radius 2 is 1.54 bits per heavy atom. The number of ketones is 1. The largest absolute Gasteiger partial charge is 0.490 e. The number of halogens is 1. The fraction of sp³-hybridized carbons (Fsp3) is 0.344. The number of ether oxygens (including phenoxy) is 1. The van der Waals surface area contributed by atoms with Gasteiger partial charge in [-0.1, -0.05) is 12.1 Å². The van der Waals surface area contributed by atoms with Crippen molar-refractivity contribution in [2.75, 3.05) is 13.1 Å². The topological polar surface area (TPSA) is 112 Å². The molecule has 1 aliphatic carbocycles. The lowest BCUT2D eigenvalue weighted by Crippen LogP contribution is -2.40. The van der Waals surface area contributed by atoms with Crippen LogP contribution in [0.1, 0.15) is 75.3 Å². The lowest BCUT2D eigenvalue weighted by Gasteiger charge is -2.31. The van der Waals surface area contributed by atoms with Crippen molar-refractivity contribution in [3.63, 3.8) is 0 Å². The van der Waals surface area contributed by atoms with Gasteiger partial charge in [0.1, 0.15) is 17.3 Å². The number of benzene rings is 2. The van der Waals surface area contributed by atoms with Crippen LogP contribution in [-0.2, 0) is 0 Å². The number of aromatic nitrogens is 1. The number of Topliss-reactive ketones (excluding diaryl/α,β-unsaturated/α-hetero) is 1. The van der Waals surface area contributed by atoms with Crippen molar-refractivity contribution >= 4 is 17.6 Å². The number of hydrogen-bond acceptors (Lipinski definition) is 6. The molecule has 1 aliphatic heterocycles. The lowest BCUT2D eigenvalue weighted by molar-refractivity contribution is 0.0649. The summed E-state index contributed by atoms with van der Waals surface area (Å²) in [6, 6.07) is 17.8. The average Bonchev–Trinajstić information content (AvgIpc) is 3.02. The molecule has 1 saturated carbocycles. The van der Waals surface area contributed by atoms with Crippen LogP contribution in [0.4, 0.5) is 4.39 Å². The van der Waals surface area contributed by atoms with E-state index in [9.17, 15) is 18.8 Å². The molecule has 2 fully saturated rings. The van der Waals surface area contributed by atoms with Gasteiger partial charge in [-0.3, -0.25) is 19.4 Å². The average molecular weight is 555 g/mol. The molecule has 1 saturated heterocycles. The van der Waals surface area contributed by atoms with E-state index in [1.807, 2.05) is 6.07 Å². The van der Waals surface area contributed by atoms with E-state index in [-0.39, 0.29) is 47.2 Å². The first-order valence-corrected chi connectivity index (χ1v) is 13.9. The lowest BCUT2D eigenvalue weighted by atomic mass is 9.88. The number of nitriles is 1. The SMILES string of the molecule is N#Cc1ccc(C(=O)C2CCN(C(=O)c3ccc(C(=O)N[C@H]4CC[C@@H](Oc5ccc(F)cc5)CC4)nc3)CC2)cc1. The second-order valence-electron chi connectivity index (χ2n) is 10.6. The Kier molecular flexibility index (Phi) is 8.68. The maximum Gasteiger partial charge on any atom is 0.270 e. The fourth-order valence-corrected chi connectivity index (χ4v) is 5.42. The van der Waals surface area contributed by atoms with Crippen LogP contribution in [0, 0.1) is 23.1 Å². The third-order valence-corrected chi connectivity index (χ3v) is 7.82. The minimum atomic E-state index is -0.301. The van der Waals surface area contributed by atoms with Crippen molar-refractivity contribution in [3.05, 3.63) is 95.1 Å². The zero-order valence-electron chi connectivity index (χ0n) is 22.6. The van der Waals surface area contributed by atoms with E-state index in [2.05, 4.69) is 10.3 Å². The van der Waals surface area contributed by atoms with E-state index in [0.29, 0.717) is 48.4 Å². The van der Waals surface area contributed by atoms with Crippen molar-refractivity contribution in [1.29, 1.82) is 5.26 Å². The van der Waals surface area contributed by atoms with Crippen LogP contribution < -0.4 is 10.1 Å². The predicted octanol–water partition coefficient (Wildman–Crippen LogP) is 4.95. The van der Waals surface area contributed by atoms with Gasteiger partial charge in [-0.15, -0.1) is 0 Å². The van der Waals surface area contributed by atoms with Crippen LogP contribution in [0.3, 0.4) is 0 Å². The number of piperidine rings is 1. The summed E-state index contributed by atoms with van der Waals surface area (Å²) in [6.45, 7) is 0.919. The Bertz CT molecular complexity index is 1420. The van der Waals surface area contributed by atoms with Gasteiger partial charge < -0.3 is 15.0 Å². The Morgan fingerprint density at radius 1 is 0.878 bits per heavy atom. The van der Waals surface area contributed by atoms with E-state index in [0.717, 1.165) is 25.7 Å².